The number of aromatic nitrogens is 1. The van der Waals surface area contributed by atoms with E-state index >= 15 is 0 Å². The second kappa shape index (κ2) is 9.44. The molecule has 3 aromatic rings. The summed E-state index contributed by atoms with van der Waals surface area (Å²) in [6, 6.07) is 15.7. The molecule has 9 heteroatoms. The zero-order chi connectivity index (χ0) is 23.4. The minimum atomic E-state index is -0.854. The molecule has 0 aliphatic carbocycles. The predicted octanol–water partition coefficient (Wildman–Crippen LogP) is 2.12. The van der Waals surface area contributed by atoms with E-state index in [0.717, 1.165) is 22.2 Å². The van der Waals surface area contributed by atoms with Gasteiger partial charge < -0.3 is 25.7 Å². The molecule has 1 aromatic heterocycles. The minimum Gasteiger partial charge on any atom is -0.496 e. The van der Waals surface area contributed by atoms with Gasteiger partial charge in [-0.25, -0.2) is 0 Å². The fraction of sp³-hybridized carbons (Fsp3) is 0.250. The summed E-state index contributed by atoms with van der Waals surface area (Å²) in [7, 11) is 1.55. The molecule has 3 amide bonds. The van der Waals surface area contributed by atoms with Crippen LogP contribution in [-0.4, -0.2) is 42.4 Å². The van der Waals surface area contributed by atoms with E-state index in [1.54, 1.807) is 25.3 Å². The van der Waals surface area contributed by atoms with E-state index in [1.807, 2.05) is 36.4 Å². The molecule has 33 heavy (non-hydrogen) atoms. The summed E-state index contributed by atoms with van der Waals surface area (Å²) in [6.07, 6.45) is 0.675. The second-order valence-corrected chi connectivity index (χ2v) is 7.82. The van der Waals surface area contributed by atoms with Crippen molar-refractivity contribution in [2.45, 2.75) is 18.9 Å². The number of methoxy groups -OCH3 is 1. The maximum atomic E-state index is 12.5. The van der Waals surface area contributed by atoms with Gasteiger partial charge in [-0.05, 0) is 42.7 Å². The summed E-state index contributed by atoms with van der Waals surface area (Å²) in [4.78, 5) is 40.2. The first kappa shape index (κ1) is 21.9. The lowest BCUT2D eigenvalue weighted by atomic mass is 9.88. The topological polar surface area (TPSA) is 136 Å². The molecule has 0 spiro atoms. The van der Waals surface area contributed by atoms with E-state index in [1.165, 1.54) is 0 Å². The molecule has 0 saturated heterocycles. The molecule has 4 N–H and O–H groups in total. The maximum Gasteiger partial charge on any atom is 0.268 e. The number of carbonyl (C=O) groups is 3. The fourth-order valence-electron chi connectivity index (χ4n) is 3.96. The van der Waals surface area contributed by atoms with E-state index in [-0.39, 0.29) is 24.6 Å². The third-order valence-corrected chi connectivity index (χ3v) is 5.62. The van der Waals surface area contributed by atoms with Gasteiger partial charge in [-0.3, -0.25) is 14.4 Å². The van der Waals surface area contributed by atoms with Gasteiger partial charge in [-0.15, -0.1) is 0 Å². The van der Waals surface area contributed by atoms with Gasteiger partial charge >= 0.3 is 0 Å². The van der Waals surface area contributed by atoms with Crippen LogP contribution in [0.4, 0.5) is 5.69 Å². The summed E-state index contributed by atoms with van der Waals surface area (Å²) in [5.41, 5.74) is 2.79. The van der Waals surface area contributed by atoms with Crippen molar-refractivity contribution in [1.29, 1.82) is 5.26 Å². The fourth-order valence-corrected chi connectivity index (χ4v) is 3.96. The van der Waals surface area contributed by atoms with Gasteiger partial charge in [0.2, 0.25) is 11.8 Å². The summed E-state index contributed by atoms with van der Waals surface area (Å²) >= 11 is 0. The van der Waals surface area contributed by atoms with E-state index in [2.05, 4.69) is 20.9 Å². The Morgan fingerprint density at radius 2 is 2.06 bits per heavy atom. The summed E-state index contributed by atoms with van der Waals surface area (Å²) < 4.78 is 5.29. The second-order valence-electron chi connectivity index (χ2n) is 7.82. The summed E-state index contributed by atoms with van der Waals surface area (Å²) in [5, 5.41) is 18.2. The van der Waals surface area contributed by atoms with E-state index in [0.29, 0.717) is 12.2 Å². The van der Waals surface area contributed by atoms with Gasteiger partial charge in [0.05, 0.1) is 19.7 Å². The summed E-state index contributed by atoms with van der Waals surface area (Å²) in [5.74, 6) is -0.946. The zero-order valence-electron chi connectivity index (χ0n) is 18.0. The van der Waals surface area contributed by atoms with Crippen molar-refractivity contribution in [3.8, 4) is 11.8 Å². The Hall–Kier alpha value is -4.32. The highest BCUT2D eigenvalue weighted by atomic mass is 16.5. The van der Waals surface area contributed by atoms with E-state index in [9.17, 15) is 19.6 Å². The first-order valence-electron chi connectivity index (χ1n) is 10.5. The highest BCUT2D eigenvalue weighted by Gasteiger charge is 2.29. The molecular formula is C24H23N5O4. The number of carbonyl (C=O) groups excluding carboxylic acids is 3. The number of benzene rings is 2. The normalized spacial score (nSPS) is 15.6. The van der Waals surface area contributed by atoms with Crippen LogP contribution in [-0.2, 0) is 16.0 Å². The lowest BCUT2D eigenvalue weighted by molar-refractivity contribution is -0.122. The Labute approximate surface area is 190 Å². The van der Waals surface area contributed by atoms with Gasteiger partial charge in [0.15, 0.2) is 0 Å². The van der Waals surface area contributed by atoms with Crippen molar-refractivity contribution in [2.75, 3.05) is 19.0 Å². The van der Waals surface area contributed by atoms with Crippen LogP contribution in [0.15, 0.2) is 48.5 Å². The number of hydrogen-bond donors (Lipinski definition) is 4. The average Bonchev–Trinajstić information content (AvgIpc) is 3.27. The average molecular weight is 445 g/mol. The number of anilines is 1. The van der Waals surface area contributed by atoms with Crippen molar-refractivity contribution >= 4 is 34.3 Å². The number of rotatable bonds is 7. The Kier molecular flexibility index (Phi) is 6.26. The molecule has 0 unspecified atom stereocenters. The first-order valence-corrected chi connectivity index (χ1v) is 10.5. The van der Waals surface area contributed by atoms with Crippen molar-refractivity contribution in [3.05, 3.63) is 59.8 Å². The van der Waals surface area contributed by atoms with Gasteiger partial charge in [-0.1, -0.05) is 24.3 Å². The lowest BCUT2D eigenvalue weighted by Gasteiger charge is -2.26. The number of ether oxygens (including phenoxy) is 1. The zero-order valence-corrected chi connectivity index (χ0v) is 18.0. The molecule has 1 aliphatic rings. The van der Waals surface area contributed by atoms with Crippen LogP contribution >= 0.6 is 0 Å². The van der Waals surface area contributed by atoms with Crippen molar-refractivity contribution in [2.24, 2.45) is 5.92 Å². The molecular weight excluding hydrogens is 422 g/mol. The van der Waals surface area contributed by atoms with Gasteiger partial charge in [0.1, 0.15) is 17.5 Å². The molecule has 4 rings (SSSR count). The van der Waals surface area contributed by atoms with Gasteiger partial charge in [-0.2, -0.15) is 5.26 Å². The van der Waals surface area contributed by atoms with Crippen molar-refractivity contribution in [1.82, 2.24) is 15.6 Å². The van der Waals surface area contributed by atoms with Crippen molar-refractivity contribution in [3.63, 3.8) is 0 Å². The highest BCUT2D eigenvalue weighted by molar-refractivity contribution is 6.01. The lowest BCUT2D eigenvalue weighted by Crippen LogP contribution is -2.43. The number of aromatic amines is 1. The van der Waals surface area contributed by atoms with Gasteiger partial charge in [0, 0.05) is 22.5 Å². The number of amides is 3. The number of nitrogens with zero attached hydrogens (tertiary/aromatic N) is 1. The van der Waals surface area contributed by atoms with Crippen LogP contribution in [0, 0.1) is 17.2 Å². The van der Waals surface area contributed by atoms with Crippen LogP contribution in [0.1, 0.15) is 22.5 Å². The highest BCUT2D eigenvalue weighted by Crippen LogP contribution is 2.28. The van der Waals surface area contributed by atoms with E-state index in [4.69, 9.17) is 4.74 Å². The summed E-state index contributed by atoms with van der Waals surface area (Å²) in [6.45, 7) is -0.302. The largest absolute Gasteiger partial charge is 0.496 e. The molecule has 1 aliphatic heterocycles. The molecule has 2 atom stereocenters. The molecule has 0 bridgehead atoms. The first-order chi connectivity index (χ1) is 16.0. The smallest absolute Gasteiger partial charge is 0.268 e. The third-order valence-electron chi connectivity index (χ3n) is 5.62. The quantitative estimate of drug-likeness (QED) is 0.442. The predicted molar refractivity (Wildman–Crippen MR) is 122 cm³/mol. The molecule has 168 valence electrons. The molecule has 0 fully saturated rings. The number of hydrogen-bond acceptors (Lipinski definition) is 5. The third kappa shape index (κ3) is 4.80. The number of para-hydroxylation sites is 1. The Morgan fingerprint density at radius 1 is 1.24 bits per heavy atom. The van der Waals surface area contributed by atoms with Crippen LogP contribution in [0.5, 0.6) is 5.75 Å². The molecule has 2 heterocycles. The SMILES string of the molecule is COc1cccc2[nH]c(C(=O)NCC(=O)N[C@H](C#N)C[C@@H]3Cc4ccccc4NC3=O)cc12. The number of nitrogens with one attached hydrogen (secondary N) is 4. The Morgan fingerprint density at radius 3 is 2.85 bits per heavy atom. The van der Waals surface area contributed by atoms with Crippen molar-refractivity contribution < 1.29 is 19.1 Å². The number of nitriles is 1. The number of fused-ring (bicyclic) bond motifs is 2. The minimum absolute atomic E-state index is 0.175. The monoisotopic (exact) mass is 445 g/mol. The van der Waals surface area contributed by atoms with Crippen LogP contribution < -0.4 is 20.7 Å². The van der Waals surface area contributed by atoms with Gasteiger partial charge in [0.25, 0.3) is 5.91 Å². The van der Waals surface area contributed by atoms with Crippen LogP contribution in [0.25, 0.3) is 10.9 Å². The molecule has 2 aromatic carbocycles. The molecule has 0 saturated carbocycles. The van der Waals surface area contributed by atoms with Crippen LogP contribution in [0.2, 0.25) is 0 Å². The Bertz CT molecular complexity index is 1260. The molecule has 9 nitrogen and oxygen atoms in total. The standard InChI is InChI=1S/C24H23N5O4/c1-33-21-8-4-7-19-17(21)11-20(28-19)24(32)26-13-22(30)27-16(12-25)10-15-9-14-5-2-3-6-18(14)29-23(15)31/h2-8,11,15-16,28H,9-10,13H2,1H3,(H,26,32)(H,27,30)(H,29,31)/t15-,16-/m0/s1. The Balaban J connectivity index is 1.32. The van der Waals surface area contributed by atoms with Crippen LogP contribution in [0.3, 0.4) is 0 Å². The maximum absolute atomic E-state index is 12.5. The number of H-pyrrole nitrogens is 1. The molecule has 0 radical (unpaired) electrons. The van der Waals surface area contributed by atoms with E-state index < -0.39 is 23.8 Å².